The first kappa shape index (κ1) is 18.7. The van der Waals surface area contributed by atoms with E-state index in [4.69, 9.17) is 9.47 Å². The number of halogens is 1. The largest absolute Gasteiger partial charge is 0.454 e. The second kappa shape index (κ2) is 8.07. The second-order valence-corrected chi connectivity index (χ2v) is 6.61. The maximum Gasteiger partial charge on any atom is 0.243 e. The van der Waals surface area contributed by atoms with Gasteiger partial charge in [0.1, 0.15) is 5.82 Å². The molecule has 2 aromatic rings. The summed E-state index contributed by atoms with van der Waals surface area (Å²) in [6, 6.07) is 10.9. The summed E-state index contributed by atoms with van der Waals surface area (Å²) in [5.74, 6) is -0.282. The van der Waals surface area contributed by atoms with Gasteiger partial charge in [0.2, 0.25) is 18.6 Å². The monoisotopic (exact) mass is 372 g/mol. The average molecular weight is 372 g/mol. The van der Waals surface area contributed by atoms with Crippen molar-refractivity contribution in [2.75, 3.05) is 18.7 Å². The fraction of sp³-hybridized carbons (Fsp3) is 0.300. The molecule has 1 aliphatic heterocycles. The molecule has 0 aliphatic carbocycles. The van der Waals surface area contributed by atoms with Crippen LogP contribution >= 0.6 is 0 Å². The Labute approximate surface area is 156 Å². The normalized spacial score (nSPS) is 13.3. The summed E-state index contributed by atoms with van der Waals surface area (Å²) in [4.78, 5) is 24.7. The Morgan fingerprint density at radius 3 is 2.48 bits per heavy atom. The van der Waals surface area contributed by atoms with Crippen LogP contribution < -0.4 is 20.1 Å². The zero-order valence-electron chi connectivity index (χ0n) is 15.1. The summed E-state index contributed by atoms with van der Waals surface area (Å²) < 4.78 is 23.6. The average Bonchev–Trinajstić information content (AvgIpc) is 3.09. The summed E-state index contributed by atoms with van der Waals surface area (Å²) in [5, 5.41) is 5.35. The lowest BCUT2D eigenvalue weighted by Crippen LogP contribution is -2.37. The van der Waals surface area contributed by atoms with Gasteiger partial charge in [0.15, 0.2) is 11.5 Å². The smallest absolute Gasteiger partial charge is 0.243 e. The Kier molecular flexibility index (Phi) is 5.59. The molecule has 1 heterocycles. The van der Waals surface area contributed by atoms with Gasteiger partial charge in [-0.25, -0.2) is 4.39 Å². The van der Waals surface area contributed by atoms with Crippen molar-refractivity contribution < 1.29 is 23.5 Å². The van der Waals surface area contributed by atoms with E-state index in [-0.39, 0.29) is 36.9 Å². The van der Waals surface area contributed by atoms with E-state index in [1.165, 1.54) is 12.1 Å². The molecule has 1 atom stereocenters. The molecule has 6 nitrogen and oxygen atoms in total. The number of carbonyl (C=O) groups is 2. The predicted molar refractivity (Wildman–Crippen MR) is 98.2 cm³/mol. The molecule has 142 valence electrons. The van der Waals surface area contributed by atoms with E-state index in [2.05, 4.69) is 10.6 Å². The van der Waals surface area contributed by atoms with Gasteiger partial charge in [0.05, 0.1) is 12.5 Å². The molecular formula is C20H21FN2O4. The molecule has 0 saturated carbocycles. The van der Waals surface area contributed by atoms with E-state index < -0.39 is 5.92 Å². The number of hydrogen-bond acceptors (Lipinski definition) is 4. The minimum absolute atomic E-state index is 0.00705. The van der Waals surface area contributed by atoms with Crippen LogP contribution in [0, 0.1) is 11.7 Å². The van der Waals surface area contributed by atoms with Gasteiger partial charge < -0.3 is 20.1 Å². The lowest BCUT2D eigenvalue weighted by atomic mass is 9.87. The van der Waals surface area contributed by atoms with E-state index in [9.17, 15) is 14.0 Å². The fourth-order valence-corrected chi connectivity index (χ4v) is 2.97. The molecule has 2 aromatic carbocycles. The Bertz CT molecular complexity index is 836. The van der Waals surface area contributed by atoms with Crippen molar-refractivity contribution >= 4 is 17.5 Å². The highest BCUT2D eigenvalue weighted by Gasteiger charge is 2.24. The Morgan fingerprint density at radius 1 is 1.07 bits per heavy atom. The number of anilines is 1. The van der Waals surface area contributed by atoms with Crippen molar-refractivity contribution in [3.63, 3.8) is 0 Å². The van der Waals surface area contributed by atoms with Gasteiger partial charge in [0.25, 0.3) is 0 Å². The third-order valence-electron chi connectivity index (χ3n) is 4.26. The van der Waals surface area contributed by atoms with Crippen LogP contribution in [0.15, 0.2) is 42.5 Å². The number of fused-ring (bicyclic) bond motifs is 1. The third-order valence-corrected chi connectivity index (χ3v) is 4.26. The van der Waals surface area contributed by atoms with Gasteiger partial charge in [-0.3, -0.25) is 9.59 Å². The zero-order valence-corrected chi connectivity index (χ0v) is 15.1. The van der Waals surface area contributed by atoms with Crippen LogP contribution in [-0.4, -0.2) is 25.2 Å². The molecule has 27 heavy (non-hydrogen) atoms. The van der Waals surface area contributed by atoms with Crippen LogP contribution in [0.25, 0.3) is 0 Å². The molecule has 3 rings (SSSR count). The van der Waals surface area contributed by atoms with Crippen LogP contribution in [0.2, 0.25) is 0 Å². The summed E-state index contributed by atoms with van der Waals surface area (Å²) in [5.41, 5.74) is 1.26. The van der Waals surface area contributed by atoms with Crippen molar-refractivity contribution in [2.24, 2.45) is 5.92 Å². The maximum atomic E-state index is 13.1. The molecule has 2 N–H and O–H groups in total. The molecule has 0 fully saturated rings. The number of nitrogens with one attached hydrogen (secondary N) is 2. The number of hydrogen-bond donors (Lipinski definition) is 2. The quantitative estimate of drug-likeness (QED) is 0.817. The predicted octanol–water partition coefficient (Wildman–Crippen LogP) is 3.05. The molecule has 1 unspecified atom stereocenters. The highest BCUT2D eigenvalue weighted by Crippen LogP contribution is 2.34. The van der Waals surface area contributed by atoms with Gasteiger partial charge in [-0.15, -0.1) is 0 Å². The van der Waals surface area contributed by atoms with E-state index in [1.54, 1.807) is 30.3 Å². The highest BCUT2D eigenvalue weighted by molar-refractivity contribution is 5.95. The van der Waals surface area contributed by atoms with Crippen molar-refractivity contribution in [1.29, 1.82) is 0 Å². The van der Waals surface area contributed by atoms with E-state index in [0.29, 0.717) is 22.7 Å². The van der Waals surface area contributed by atoms with E-state index in [1.807, 2.05) is 13.8 Å². The SMILES string of the molecule is CC(C)C(C(=O)NCC(=O)Nc1ccc2c(c1)OCO2)c1ccc(F)cc1. The van der Waals surface area contributed by atoms with Gasteiger partial charge in [-0.05, 0) is 35.7 Å². The molecule has 7 heteroatoms. The minimum Gasteiger partial charge on any atom is -0.454 e. The Balaban J connectivity index is 1.58. The Morgan fingerprint density at radius 2 is 1.78 bits per heavy atom. The maximum absolute atomic E-state index is 13.1. The van der Waals surface area contributed by atoms with Crippen LogP contribution in [-0.2, 0) is 9.59 Å². The lowest BCUT2D eigenvalue weighted by Gasteiger charge is -2.20. The fourth-order valence-electron chi connectivity index (χ4n) is 2.97. The van der Waals surface area contributed by atoms with Gasteiger partial charge >= 0.3 is 0 Å². The molecule has 0 aromatic heterocycles. The standard InChI is InChI=1S/C20H21FN2O4/c1-12(2)19(13-3-5-14(21)6-4-13)20(25)22-10-18(24)23-15-7-8-16-17(9-15)27-11-26-16/h3-9,12,19H,10-11H2,1-2H3,(H,22,25)(H,23,24). The van der Waals surface area contributed by atoms with Crippen molar-refractivity contribution in [2.45, 2.75) is 19.8 Å². The highest BCUT2D eigenvalue weighted by atomic mass is 19.1. The van der Waals surface area contributed by atoms with Crippen molar-refractivity contribution in [3.05, 3.63) is 53.8 Å². The molecule has 1 aliphatic rings. The molecule has 0 saturated heterocycles. The number of ether oxygens (including phenoxy) is 2. The van der Waals surface area contributed by atoms with Crippen LogP contribution in [0.4, 0.5) is 10.1 Å². The Hall–Kier alpha value is -3.09. The van der Waals surface area contributed by atoms with Crippen molar-refractivity contribution in [1.82, 2.24) is 5.32 Å². The number of carbonyl (C=O) groups excluding carboxylic acids is 2. The van der Waals surface area contributed by atoms with Crippen LogP contribution in [0.3, 0.4) is 0 Å². The zero-order chi connectivity index (χ0) is 19.4. The van der Waals surface area contributed by atoms with E-state index in [0.717, 1.165) is 0 Å². The first-order valence-electron chi connectivity index (χ1n) is 8.66. The lowest BCUT2D eigenvalue weighted by molar-refractivity contribution is -0.126. The number of amides is 2. The second-order valence-electron chi connectivity index (χ2n) is 6.61. The number of rotatable bonds is 6. The summed E-state index contributed by atoms with van der Waals surface area (Å²) >= 11 is 0. The van der Waals surface area contributed by atoms with Crippen molar-refractivity contribution in [3.8, 4) is 11.5 Å². The first-order chi connectivity index (χ1) is 12.9. The minimum atomic E-state index is -0.469. The molecule has 0 spiro atoms. The third kappa shape index (κ3) is 4.55. The molecule has 2 amide bonds. The van der Waals surface area contributed by atoms with Crippen LogP contribution in [0.1, 0.15) is 25.3 Å². The first-order valence-corrected chi connectivity index (χ1v) is 8.66. The van der Waals surface area contributed by atoms with Gasteiger partial charge in [0, 0.05) is 11.8 Å². The summed E-state index contributed by atoms with van der Waals surface area (Å²) in [7, 11) is 0. The van der Waals surface area contributed by atoms with E-state index >= 15 is 0 Å². The van der Waals surface area contributed by atoms with Crippen LogP contribution in [0.5, 0.6) is 11.5 Å². The summed E-state index contributed by atoms with van der Waals surface area (Å²) in [6.07, 6.45) is 0. The van der Waals surface area contributed by atoms with Gasteiger partial charge in [-0.1, -0.05) is 26.0 Å². The molecule has 0 radical (unpaired) electrons. The molecular weight excluding hydrogens is 351 g/mol. The van der Waals surface area contributed by atoms with Gasteiger partial charge in [-0.2, -0.15) is 0 Å². The summed E-state index contributed by atoms with van der Waals surface area (Å²) in [6.45, 7) is 3.79. The molecule has 0 bridgehead atoms. The number of benzene rings is 2. The topological polar surface area (TPSA) is 76.7 Å².